The zero-order chi connectivity index (χ0) is 26.7. The number of nitrogens with zero attached hydrogens (tertiary/aromatic N) is 2. The number of nitrogens with one attached hydrogen (secondary N) is 1. The maximum atomic E-state index is 14.6. The molecule has 15 heteroatoms. The first kappa shape index (κ1) is 27.8. The van der Waals surface area contributed by atoms with Gasteiger partial charge in [-0.05, 0) is 13.0 Å². The minimum absolute atomic E-state index is 0.116. The summed E-state index contributed by atoms with van der Waals surface area (Å²) < 4.78 is 76.8. The van der Waals surface area contributed by atoms with Crippen molar-refractivity contribution in [1.82, 2.24) is 14.5 Å². The van der Waals surface area contributed by atoms with Crippen LogP contribution in [0.1, 0.15) is 19.0 Å². The zero-order valence-electron chi connectivity index (χ0n) is 18.4. The summed E-state index contributed by atoms with van der Waals surface area (Å²) in [5.41, 5.74) is -5.32. The van der Waals surface area contributed by atoms with Crippen molar-refractivity contribution in [3.63, 3.8) is 0 Å². The van der Waals surface area contributed by atoms with Gasteiger partial charge >= 0.3 is 17.8 Å². The van der Waals surface area contributed by atoms with Crippen LogP contribution >= 0.6 is 11.6 Å². The molecule has 1 aromatic carbocycles. The highest BCUT2D eigenvalue weighted by Crippen LogP contribution is 2.30. The molecule has 0 aliphatic carbocycles. The Labute approximate surface area is 199 Å². The lowest BCUT2D eigenvalue weighted by Gasteiger charge is -2.20. The number of amides is 1. The fourth-order valence-electron chi connectivity index (χ4n) is 2.89. The molecular formula is C20H19ClF5N3O6. The Morgan fingerprint density at radius 3 is 2.37 bits per heavy atom. The fourth-order valence-corrected chi connectivity index (χ4v) is 3.09. The van der Waals surface area contributed by atoms with Crippen LogP contribution in [0.3, 0.4) is 0 Å². The van der Waals surface area contributed by atoms with Crippen molar-refractivity contribution >= 4 is 23.5 Å². The molecule has 0 saturated heterocycles. The number of hydrogen-bond acceptors (Lipinski definition) is 6. The average molecular weight is 528 g/mol. The van der Waals surface area contributed by atoms with E-state index in [0.717, 1.165) is 20.2 Å². The smallest absolute Gasteiger partial charge is 0.431 e. The number of rotatable bonds is 8. The number of carbonyl (C=O) groups is 2. The third kappa shape index (κ3) is 6.38. The van der Waals surface area contributed by atoms with Gasteiger partial charge in [0, 0.05) is 19.2 Å². The first-order valence-corrected chi connectivity index (χ1v) is 10.1. The van der Waals surface area contributed by atoms with Crippen LogP contribution in [0.2, 0.25) is 5.02 Å². The van der Waals surface area contributed by atoms with E-state index in [0.29, 0.717) is 6.07 Å². The summed E-state index contributed by atoms with van der Waals surface area (Å²) in [5.74, 6) is -3.34. The predicted molar refractivity (Wildman–Crippen MR) is 112 cm³/mol. The average Bonchev–Trinajstić information content (AvgIpc) is 2.77. The van der Waals surface area contributed by atoms with Crippen LogP contribution < -0.4 is 21.3 Å². The third-order valence-corrected chi connectivity index (χ3v) is 4.99. The van der Waals surface area contributed by atoms with Crippen molar-refractivity contribution in [2.45, 2.75) is 31.7 Å². The summed E-state index contributed by atoms with van der Waals surface area (Å²) in [7, 11) is 1.82. The van der Waals surface area contributed by atoms with E-state index in [-0.39, 0.29) is 15.2 Å². The molecule has 0 saturated carbocycles. The SMILES string of the molecule is COC(=O)CC(CF)NC(=O)C(C)Oc1cc(-n2c(=O)cc(C(F)(F)F)n(C)c2=O)c(F)cc1Cl. The Balaban J connectivity index is 2.41. The number of carbonyl (C=O) groups excluding carboxylic acids is 2. The van der Waals surface area contributed by atoms with Gasteiger partial charge in [-0.2, -0.15) is 13.2 Å². The monoisotopic (exact) mass is 527 g/mol. The van der Waals surface area contributed by atoms with Crippen molar-refractivity contribution < 1.29 is 41.0 Å². The molecule has 0 bridgehead atoms. The third-order valence-electron chi connectivity index (χ3n) is 4.70. The quantitative estimate of drug-likeness (QED) is 0.416. The van der Waals surface area contributed by atoms with Gasteiger partial charge in [0.1, 0.15) is 23.9 Å². The highest BCUT2D eigenvalue weighted by atomic mass is 35.5. The lowest BCUT2D eigenvalue weighted by molar-refractivity contribution is -0.144. The van der Waals surface area contributed by atoms with Crippen LogP contribution in [0.5, 0.6) is 5.75 Å². The van der Waals surface area contributed by atoms with Gasteiger partial charge in [-0.15, -0.1) is 0 Å². The molecule has 2 aromatic rings. The van der Waals surface area contributed by atoms with E-state index < -0.39 is 82.5 Å². The maximum Gasteiger partial charge on any atom is 0.431 e. The van der Waals surface area contributed by atoms with E-state index in [1.165, 1.54) is 6.92 Å². The minimum Gasteiger partial charge on any atom is -0.479 e. The number of aromatic nitrogens is 2. The molecule has 2 rings (SSSR count). The first-order chi connectivity index (χ1) is 16.2. The van der Waals surface area contributed by atoms with E-state index in [1.807, 2.05) is 0 Å². The lowest BCUT2D eigenvalue weighted by atomic mass is 10.2. The molecule has 1 N–H and O–H groups in total. The number of alkyl halides is 4. The Morgan fingerprint density at radius 1 is 1.20 bits per heavy atom. The van der Waals surface area contributed by atoms with E-state index in [4.69, 9.17) is 16.3 Å². The lowest BCUT2D eigenvalue weighted by Crippen LogP contribution is -2.44. The molecule has 0 radical (unpaired) electrons. The summed E-state index contributed by atoms with van der Waals surface area (Å²) >= 11 is 5.92. The number of esters is 1. The van der Waals surface area contributed by atoms with Crippen LogP contribution in [0.15, 0.2) is 27.8 Å². The van der Waals surface area contributed by atoms with E-state index in [2.05, 4.69) is 10.1 Å². The van der Waals surface area contributed by atoms with Crippen molar-refractivity contribution in [3.8, 4) is 11.4 Å². The molecule has 1 heterocycles. The summed E-state index contributed by atoms with van der Waals surface area (Å²) in [6, 6.07) is 0.263. The largest absolute Gasteiger partial charge is 0.479 e. The molecule has 192 valence electrons. The van der Waals surface area contributed by atoms with E-state index in [1.54, 1.807) is 0 Å². The summed E-state index contributed by atoms with van der Waals surface area (Å²) in [6.07, 6.45) is -6.88. The van der Waals surface area contributed by atoms with Crippen LogP contribution in [0, 0.1) is 5.82 Å². The molecule has 0 aliphatic heterocycles. The molecule has 9 nitrogen and oxygen atoms in total. The van der Waals surface area contributed by atoms with Gasteiger partial charge in [-0.25, -0.2) is 18.1 Å². The Morgan fingerprint density at radius 2 is 1.83 bits per heavy atom. The molecule has 1 aromatic heterocycles. The van der Waals surface area contributed by atoms with Crippen LogP contribution in [-0.2, 0) is 27.5 Å². The van der Waals surface area contributed by atoms with Gasteiger partial charge in [0.25, 0.3) is 11.5 Å². The van der Waals surface area contributed by atoms with Crippen LogP contribution in [0.25, 0.3) is 5.69 Å². The van der Waals surface area contributed by atoms with E-state index >= 15 is 0 Å². The van der Waals surface area contributed by atoms with Crippen LogP contribution in [0.4, 0.5) is 22.0 Å². The second kappa shape index (κ2) is 10.9. The van der Waals surface area contributed by atoms with Gasteiger partial charge in [0.05, 0.1) is 30.3 Å². The Kier molecular flexibility index (Phi) is 8.65. The number of halogens is 6. The van der Waals surface area contributed by atoms with Gasteiger partial charge in [-0.3, -0.25) is 19.0 Å². The molecule has 2 atom stereocenters. The second-order valence-electron chi connectivity index (χ2n) is 7.18. The fraction of sp³-hybridized carbons (Fsp3) is 0.400. The number of methoxy groups -OCH3 is 1. The molecule has 0 fully saturated rings. The van der Waals surface area contributed by atoms with Crippen molar-refractivity contribution in [1.29, 1.82) is 0 Å². The van der Waals surface area contributed by atoms with Gasteiger partial charge < -0.3 is 14.8 Å². The van der Waals surface area contributed by atoms with Crippen molar-refractivity contribution in [2.75, 3.05) is 13.8 Å². The summed E-state index contributed by atoms with van der Waals surface area (Å²) in [6.45, 7) is 0.0978. The highest BCUT2D eigenvalue weighted by Gasteiger charge is 2.35. The van der Waals surface area contributed by atoms with Crippen LogP contribution in [-0.4, -0.2) is 46.9 Å². The summed E-state index contributed by atoms with van der Waals surface area (Å²) in [4.78, 5) is 48.3. The maximum absolute atomic E-state index is 14.6. The molecule has 2 unspecified atom stereocenters. The predicted octanol–water partition coefficient (Wildman–Crippen LogP) is 2.13. The standard InChI is InChI=1S/C20H19ClF5N3O6/c1-9(18(32)27-10(8-22)4-17(31)34-3)35-14-6-13(12(23)5-11(14)21)29-16(30)7-15(20(24,25)26)28(2)19(29)33/h5-7,9-10H,4,8H2,1-3H3,(H,27,32). The minimum atomic E-state index is -5.02. The molecule has 35 heavy (non-hydrogen) atoms. The number of hydrogen-bond donors (Lipinski definition) is 1. The zero-order valence-corrected chi connectivity index (χ0v) is 19.2. The molecule has 0 spiro atoms. The first-order valence-electron chi connectivity index (χ1n) is 9.70. The topological polar surface area (TPSA) is 109 Å². The van der Waals surface area contributed by atoms with Crippen molar-refractivity contribution in [2.24, 2.45) is 7.05 Å². The van der Waals surface area contributed by atoms with Crippen molar-refractivity contribution in [3.05, 3.63) is 55.6 Å². The molecule has 0 aliphatic rings. The second-order valence-corrected chi connectivity index (χ2v) is 7.58. The number of benzene rings is 1. The molecular weight excluding hydrogens is 509 g/mol. The normalized spacial score (nSPS) is 13.2. The van der Waals surface area contributed by atoms with Gasteiger partial charge in [-0.1, -0.05) is 11.6 Å². The Bertz CT molecular complexity index is 1240. The summed E-state index contributed by atoms with van der Waals surface area (Å²) in [5, 5.41) is 1.80. The Hall–Kier alpha value is -3.42. The van der Waals surface area contributed by atoms with Gasteiger partial charge in [0.2, 0.25) is 0 Å². The highest BCUT2D eigenvalue weighted by molar-refractivity contribution is 6.32. The van der Waals surface area contributed by atoms with E-state index in [9.17, 15) is 41.1 Å². The number of ether oxygens (including phenoxy) is 2. The molecule has 1 amide bonds. The van der Waals surface area contributed by atoms with Gasteiger partial charge in [0.15, 0.2) is 6.10 Å².